The van der Waals surface area contributed by atoms with E-state index in [9.17, 15) is 0 Å². The van der Waals surface area contributed by atoms with Crippen LogP contribution < -0.4 is 0 Å². The van der Waals surface area contributed by atoms with Crippen molar-refractivity contribution in [2.24, 2.45) is 0 Å². The molecule has 0 bridgehead atoms. The van der Waals surface area contributed by atoms with Crippen LogP contribution >= 0.6 is 0 Å². The second-order valence-electron chi connectivity index (χ2n) is 29.4. The zero-order valence-electron chi connectivity index (χ0n) is 68.7. The van der Waals surface area contributed by atoms with Crippen molar-refractivity contribution in [2.75, 3.05) is 0 Å². The first-order valence-corrected chi connectivity index (χ1v) is 40.2. The molecule has 7 heterocycles. The van der Waals surface area contributed by atoms with E-state index in [4.69, 9.17) is 14.4 Å². The van der Waals surface area contributed by atoms with Crippen molar-refractivity contribution in [3.63, 3.8) is 0 Å². The van der Waals surface area contributed by atoms with Gasteiger partial charge in [0.2, 0.25) is 0 Å². The minimum Gasteiger partial charge on any atom is -0.501 e. The summed E-state index contributed by atoms with van der Waals surface area (Å²) in [6.45, 7) is 15.6. The minimum atomic E-state index is 0. The third-order valence-electron chi connectivity index (χ3n) is 20.3. The number of hydrogen-bond donors (Lipinski definition) is 0. The van der Waals surface area contributed by atoms with Crippen LogP contribution in [-0.2, 0) is 60.3 Å². The number of rotatable bonds is 13. The molecular formula is C110H88Ir3N8O-6. The second-order valence-corrected chi connectivity index (χ2v) is 29.4. The number of nitrogens with zero attached hydrogens (tertiary/aromatic N) is 8. The molecule has 12 heteroatoms. The SMILES string of the molecule is CC(C)c1cccc(C(C)C)c1-n1c(-c2[c-]cccc2)nc2ccccc21.CC(C)c1ccccc1-n1c(-c2[c-]cccc2)nc2ccccc21.Cc1cc(-c2[c-]cccc2)ncc1-c1ccccc1.[Ir].[Ir].[Ir].[c-]1ccc2c(oc3ccccc32)c1-c1ccccn1.[c-]1ccccc1-c1ccc(-c2ccccc2)cn1.[c-]1ccccc1-c1ccccn1. The molecule has 0 atom stereocenters. The summed E-state index contributed by atoms with van der Waals surface area (Å²) in [4.78, 5) is 27.5. The summed E-state index contributed by atoms with van der Waals surface area (Å²) < 4.78 is 10.6. The first-order valence-electron chi connectivity index (χ1n) is 40.2. The van der Waals surface area contributed by atoms with E-state index in [1.807, 2.05) is 237 Å². The van der Waals surface area contributed by atoms with Crippen molar-refractivity contribution in [3.8, 4) is 101 Å². The molecule has 0 spiro atoms. The molecule has 0 fully saturated rings. The number of fused-ring (bicyclic) bond motifs is 5. The van der Waals surface area contributed by atoms with Crippen molar-refractivity contribution in [1.29, 1.82) is 0 Å². The van der Waals surface area contributed by atoms with Crippen LogP contribution in [0.3, 0.4) is 0 Å². The smallest absolute Gasteiger partial charge is 0.120 e. The topological polar surface area (TPSA) is 100 Å². The molecule has 13 aromatic carbocycles. The van der Waals surface area contributed by atoms with Crippen molar-refractivity contribution >= 4 is 44.0 Å². The summed E-state index contributed by atoms with van der Waals surface area (Å²) in [5.74, 6) is 3.17. The van der Waals surface area contributed by atoms with Gasteiger partial charge in [-0.05, 0) is 135 Å². The van der Waals surface area contributed by atoms with E-state index >= 15 is 0 Å². The number of para-hydroxylation sites is 7. The molecular weight excluding hydrogens is 2030 g/mol. The van der Waals surface area contributed by atoms with Gasteiger partial charge in [-0.3, -0.25) is 9.97 Å². The standard InChI is InChI=1S/C25H25N2.C22H19N2.C18H14N.C17H10NO.C17H12N.C11H8N.3Ir/c1-17(2)20-13-10-14-21(18(3)4)24(20)27-23-16-9-8-15-22(23)26-25(27)19-11-6-5-7-12-19;1-16(2)18-12-6-8-14-20(18)24-21-15-9-7-13-19(21)23-22(24)17-10-4-3-5-11-17;1-14-12-18(16-10-6-3-7-11-16)19-13-17(14)15-8-4-2-5-9-15;1-2-10-16-12(6-1)13-7-5-8-14(17(13)19-16)15-9-3-4-11-18-15;1-3-7-14(8-4-1)16-11-12-17(18-13-16)15-9-5-2-6-10-15;1-2-6-10(7-3-1)11-8-4-5-9-12-11;;;/h5-11,13-18H,1-4H3;3-10,12-16H,1-2H3;2-10,12-13H,1H3;1-7,9-11H;1-9,11-13H;1-6,8-9H;;;/q6*-1;;;. The van der Waals surface area contributed by atoms with Gasteiger partial charge in [0.05, 0.1) is 39.3 Å². The van der Waals surface area contributed by atoms with E-state index in [0.29, 0.717) is 17.8 Å². The van der Waals surface area contributed by atoms with Gasteiger partial charge in [0.25, 0.3) is 0 Å². The van der Waals surface area contributed by atoms with E-state index in [0.717, 1.165) is 117 Å². The Bertz CT molecular complexity index is 6490. The third-order valence-corrected chi connectivity index (χ3v) is 20.3. The number of pyridine rings is 4. The molecule has 0 unspecified atom stereocenters. The van der Waals surface area contributed by atoms with Crippen LogP contribution in [0.25, 0.3) is 145 Å². The molecule has 7 aromatic heterocycles. The van der Waals surface area contributed by atoms with Crippen LogP contribution in [0.4, 0.5) is 0 Å². The predicted molar refractivity (Wildman–Crippen MR) is 490 cm³/mol. The molecule has 20 aromatic rings. The maximum Gasteiger partial charge on any atom is 0.120 e. The summed E-state index contributed by atoms with van der Waals surface area (Å²) in [7, 11) is 0. The summed E-state index contributed by atoms with van der Waals surface area (Å²) in [6.07, 6.45) is 7.42. The molecule has 0 aliphatic rings. The molecule has 9 nitrogen and oxygen atoms in total. The fraction of sp³-hybridized carbons (Fsp3) is 0.0909. The van der Waals surface area contributed by atoms with Crippen molar-refractivity contribution in [2.45, 2.75) is 66.2 Å². The zero-order chi connectivity index (χ0) is 81.7. The van der Waals surface area contributed by atoms with Crippen molar-refractivity contribution in [1.82, 2.24) is 39.0 Å². The molecule has 607 valence electrons. The molecule has 0 saturated carbocycles. The molecule has 0 N–H and O–H groups in total. The van der Waals surface area contributed by atoms with Crippen molar-refractivity contribution in [3.05, 3.63) is 447 Å². The van der Waals surface area contributed by atoms with E-state index in [-0.39, 0.29) is 60.3 Å². The molecule has 122 heavy (non-hydrogen) atoms. The minimum absolute atomic E-state index is 0. The fourth-order valence-corrected chi connectivity index (χ4v) is 14.4. The molecule has 0 saturated heterocycles. The number of benzene rings is 13. The Morgan fingerprint density at radius 3 is 1.27 bits per heavy atom. The number of aromatic nitrogens is 8. The van der Waals surface area contributed by atoms with Gasteiger partial charge in [-0.25, -0.2) is 0 Å². The Labute approximate surface area is 756 Å². The van der Waals surface area contributed by atoms with Gasteiger partial charge in [0, 0.05) is 107 Å². The predicted octanol–water partition coefficient (Wildman–Crippen LogP) is 28.1. The Hall–Kier alpha value is -12.9. The quantitative estimate of drug-likeness (QED) is 0.106. The van der Waals surface area contributed by atoms with E-state index in [1.54, 1.807) is 12.4 Å². The average molecular weight is 2110 g/mol. The molecule has 0 aliphatic carbocycles. The van der Waals surface area contributed by atoms with Crippen molar-refractivity contribution < 1.29 is 64.7 Å². The molecule has 20 rings (SSSR count). The van der Waals surface area contributed by atoms with Crippen LogP contribution in [-0.4, -0.2) is 39.0 Å². The largest absolute Gasteiger partial charge is 0.501 e. The summed E-state index contributed by atoms with van der Waals surface area (Å²) in [5, 5.41) is 2.23. The van der Waals surface area contributed by atoms with Gasteiger partial charge in [-0.1, -0.05) is 234 Å². The van der Waals surface area contributed by atoms with E-state index in [1.165, 1.54) is 50.3 Å². The maximum absolute atomic E-state index is 5.97. The van der Waals surface area contributed by atoms with Crippen LogP contribution in [0, 0.1) is 43.3 Å². The number of aryl methyl sites for hydroxylation is 1. The fourth-order valence-electron chi connectivity index (χ4n) is 14.4. The number of furan rings is 1. The second kappa shape index (κ2) is 43.4. The monoisotopic (exact) mass is 2120 g/mol. The first-order chi connectivity index (χ1) is 58.5. The maximum atomic E-state index is 5.97. The normalized spacial score (nSPS) is 10.6. The van der Waals surface area contributed by atoms with Gasteiger partial charge < -0.3 is 33.5 Å². The summed E-state index contributed by atoms with van der Waals surface area (Å²) in [6, 6.07) is 142. The van der Waals surface area contributed by atoms with Crippen LogP contribution in [0.2, 0.25) is 0 Å². The van der Waals surface area contributed by atoms with Crippen LogP contribution in [0.1, 0.15) is 81.5 Å². The molecule has 0 aliphatic heterocycles. The Kier molecular flexibility index (Phi) is 31.5. The first kappa shape index (κ1) is 88.4. The Morgan fingerprint density at radius 1 is 0.311 bits per heavy atom. The van der Waals surface area contributed by atoms with E-state index in [2.05, 4.69) is 253 Å². The van der Waals surface area contributed by atoms with Crippen LogP contribution in [0.5, 0.6) is 0 Å². The third kappa shape index (κ3) is 21.3. The number of hydrogen-bond acceptors (Lipinski definition) is 7. The number of imidazole rings is 2. The Morgan fingerprint density at radius 2 is 0.754 bits per heavy atom. The summed E-state index contributed by atoms with van der Waals surface area (Å²) >= 11 is 0. The van der Waals surface area contributed by atoms with Crippen LogP contribution in [0.15, 0.2) is 393 Å². The Balaban J connectivity index is 0.000000135. The zero-order valence-corrected chi connectivity index (χ0v) is 75.9. The molecule has 0 amide bonds. The summed E-state index contributed by atoms with van der Waals surface area (Å²) in [5.41, 5.74) is 28.2. The van der Waals surface area contributed by atoms with Gasteiger partial charge >= 0.3 is 0 Å². The van der Waals surface area contributed by atoms with Gasteiger partial charge in [0.1, 0.15) is 5.58 Å². The van der Waals surface area contributed by atoms with Gasteiger partial charge in [-0.2, -0.15) is 0 Å². The van der Waals surface area contributed by atoms with E-state index < -0.39 is 0 Å². The average Bonchev–Trinajstić information content (AvgIpc) is 1.64. The molecule has 3 radical (unpaired) electrons. The van der Waals surface area contributed by atoms with Gasteiger partial charge in [0.15, 0.2) is 0 Å². The van der Waals surface area contributed by atoms with Gasteiger partial charge in [-0.15, -0.1) is 198 Å².